The molecule has 2 aromatic rings. The third-order valence-corrected chi connectivity index (χ3v) is 3.72. The number of hydrogen-bond acceptors (Lipinski definition) is 3. The maximum atomic E-state index is 12.1. The Morgan fingerprint density at radius 1 is 1.19 bits per heavy atom. The molecule has 0 radical (unpaired) electrons. The number of hydrogen-bond donors (Lipinski definition) is 3. The second-order valence-corrected chi connectivity index (χ2v) is 5.26. The van der Waals surface area contributed by atoms with E-state index in [1.807, 2.05) is 18.2 Å². The van der Waals surface area contributed by atoms with Gasteiger partial charge in [0.05, 0.1) is 6.42 Å². The second kappa shape index (κ2) is 5.97. The lowest BCUT2D eigenvalue weighted by molar-refractivity contribution is -0.115. The second-order valence-electron chi connectivity index (χ2n) is 5.26. The van der Waals surface area contributed by atoms with E-state index in [-0.39, 0.29) is 18.1 Å². The summed E-state index contributed by atoms with van der Waals surface area (Å²) in [6.07, 6.45) is 1.20. The predicted molar refractivity (Wildman–Crippen MR) is 82.3 cm³/mol. The van der Waals surface area contributed by atoms with Crippen LogP contribution in [0.25, 0.3) is 0 Å². The molecule has 0 aliphatic carbocycles. The van der Waals surface area contributed by atoms with Crippen LogP contribution in [0, 0.1) is 0 Å². The number of fused-ring (bicyclic) bond motifs is 1. The van der Waals surface area contributed by atoms with Crippen LogP contribution in [0.2, 0.25) is 0 Å². The normalized spacial score (nSPS) is 13.5. The molecule has 1 heterocycles. The molecule has 1 aliphatic rings. The molecule has 0 bridgehead atoms. The minimum atomic E-state index is -0.125. The molecule has 0 saturated heterocycles. The molecule has 0 aromatic heterocycles. The maximum absolute atomic E-state index is 12.1. The summed E-state index contributed by atoms with van der Waals surface area (Å²) in [4.78, 5) is 12.1. The average molecular weight is 282 g/mol. The summed E-state index contributed by atoms with van der Waals surface area (Å²) >= 11 is 0. The Bertz CT molecular complexity index is 668. The van der Waals surface area contributed by atoms with Crippen molar-refractivity contribution in [2.24, 2.45) is 0 Å². The first-order valence-corrected chi connectivity index (χ1v) is 7.11. The zero-order valence-corrected chi connectivity index (χ0v) is 11.7. The average Bonchev–Trinajstić information content (AvgIpc) is 2.49. The van der Waals surface area contributed by atoms with Crippen LogP contribution >= 0.6 is 0 Å². The fourth-order valence-corrected chi connectivity index (χ4v) is 2.60. The number of carbonyl (C=O) groups excluding carboxylic acids is 1. The Labute approximate surface area is 123 Å². The predicted octanol–water partition coefficient (Wildman–Crippen LogP) is 2.22. The fraction of sp³-hybridized carbons (Fsp3) is 0.235. The first-order valence-electron chi connectivity index (χ1n) is 7.11. The largest absolute Gasteiger partial charge is 0.508 e. The van der Waals surface area contributed by atoms with E-state index in [2.05, 4.69) is 16.7 Å². The smallest absolute Gasteiger partial charge is 0.228 e. The Balaban J connectivity index is 1.69. The zero-order chi connectivity index (χ0) is 14.7. The number of aromatic hydroxyl groups is 1. The van der Waals surface area contributed by atoms with Crippen LogP contribution in [0.1, 0.15) is 16.7 Å². The van der Waals surface area contributed by atoms with Crippen LogP contribution in [0.15, 0.2) is 42.5 Å². The van der Waals surface area contributed by atoms with Gasteiger partial charge in [0.15, 0.2) is 0 Å². The van der Waals surface area contributed by atoms with Crippen LogP contribution in [0.4, 0.5) is 5.69 Å². The standard InChI is InChI=1S/C17H18N2O2/c20-16-4-2-1-3-13(16)10-17(21)19-15-6-5-12-7-8-18-11-14(12)9-15/h1-6,9,18,20H,7-8,10-11H2,(H,19,21). The highest BCUT2D eigenvalue weighted by atomic mass is 16.3. The summed E-state index contributed by atoms with van der Waals surface area (Å²) in [5, 5.41) is 15.9. The van der Waals surface area contributed by atoms with Crippen molar-refractivity contribution in [3.05, 3.63) is 59.2 Å². The Morgan fingerprint density at radius 3 is 2.90 bits per heavy atom. The van der Waals surface area contributed by atoms with Gasteiger partial charge in [-0.2, -0.15) is 0 Å². The molecule has 0 unspecified atom stereocenters. The zero-order valence-electron chi connectivity index (χ0n) is 11.7. The minimum absolute atomic E-state index is 0.125. The number of nitrogens with one attached hydrogen (secondary N) is 2. The number of phenols is 1. The van der Waals surface area contributed by atoms with Gasteiger partial charge in [0.25, 0.3) is 0 Å². The van der Waals surface area contributed by atoms with Gasteiger partial charge in [0.1, 0.15) is 5.75 Å². The van der Waals surface area contributed by atoms with E-state index in [1.54, 1.807) is 18.2 Å². The summed E-state index contributed by atoms with van der Waals surface area (Å²) in [5.41, 5.74) is 4.02. The van der Waals surface area contributed by atoms with Gasteiger partial charge in [-0.05, 0) is 42.3 Å². The van der Waals surface area contributed by atoms with Gasteiger partial charge in [-0.15, -0.1) is 0 Å². The summed E-state index contributed by atoms with van der Waals surface area (Å²) in [6.45, 7) is 1.85. The molecule has 21 heavy (non-hydrogen) atoms. The molecule has 0 atom stereocenters. The summed E-state index contributed by atoms with van der Waals surface area (Å²) in [6, 6.07) is 12.9. The number of rotatable bonds is 3. The van der Waals surface area contributed by atoms with Crippen LogP contribution in [0.5, 0.6) is 5.75 Å². The monoisotopic (exact) mass is 282 g/mol. The molecule has 4 heteroatoms. The maximum Gasteiger partial charge on any atom is 0.228 e. The van der Waals surface area contributed by atoms with Crippen LogP contribution in [-0.2, 0) is 24.2 Å². The highest BCUT2D eigenvalue weighted by Crippen LogP contribution is 2.20. The number of para-hydroxylation sites is 1. The van der Waals surface area contributed by atoms with E-state index in [4.69, 9.17) is 0 Å². The van der Waals surface area contributed by atoms with Crippen molar-refractivity contribution in [2.75, 3.05) is 11.9 Å². The molecule has 1 aliphatic heterocycles. The number of anilines is 1. The van der Waals surface area contributed by atoms with Crippen molar-refractivity contribution in [1.29, 1.82) is 0 Å². The highest BCUT2D eigenvalue weighted by Gasteiger charge is 2.11. The SMILES string of the molecule is O=C(Cc1ccccc1O)Nc1ccc2c(c1)CNCC2. The molecule has 3 N–H and O–H groups in total. The van der Waals surface area contributed by atoms with Gasteiger partial charge < -0.3 is 15.7 Å². The third-order valence-electron chi connectivity index (χ3n) is 3.72. The van der Waals surface area contributed by atoms with E-state index in [9.17, 15) is 9.90 Å². The molecular weight excluding hydrogens is 264 g/mol. The summed E-state index contributed by atoms with van der Waals surface area (Å²) in [5.74, 6) is 0.0301. The first-order chi connectivity index (χ1) is 10.2. The summed E-state index contributed by atoms with van der Waals surface area (Å²) in [7, 11) is 0. The highest BCUT2D eigenvalue weighted by molar-refractivity contribution is 5.92. The number of carbonyl (C=O) groups is 1. The number of benzene rings is 2. The van der Waals surface area contributed by atoms with E-state index < -0.39 is 0 Å². The van der Waals surface area contributed by atoms with Gasteiger partial charge >= 0.3 is 0 Å². The van der Waals surface area contributed by atoms with E-state index in [0.29, 0.717) is 5.56 Å². The number of phenolic OH excluding ortho intramolecular Hbond substituents is 1. The topological polar surface area (TPSA) is 61.4 Å². The van der Waals surface area contributed by atoms with Crippen LogP contribution in [-0.4, -0.2) is 17.6 Å². The Kier molecular flexibility index (Phi) is 3.88. The van der Waals surface area contributed by atoms with Gasteiger partial charge in [0, 0.05) is 17.8 Å². The van der Waals surface area contributed by atoms with E-state index in [1.165, 1.54) is 11.1 Å². The van der Waals surface area contributed by atoms with Crippen LogP contribution in [0.3, 0.4) is 0 Å². The van der Waals surface area contributed by atoms with Crippen molar-refractivity contribution in [3.8, 4) is 5.75 Å². The lowest BCUT2D eigenvalue weighted by Gasteiger charge is -2.18. The molecule has 3 rings (SSSR count). The van der Waals surface area contributed by atoms with Gasteiger partial charge in [-0.25, -0.2) is 0 Å². The first kappa shape index (κ1) is 13.6. The van der Waals surface area contributed by atoms with Crippen molar-refractivity contribution in [1.82, 2.24) is 5.32 Å². The van der Waals surface area contributed by atoms with E-state index in [0.717, 1.165) is 25.2 Å². The van der Waals surface area contributed by atoms with Crippen LogP contribution < -0.4 is 10.6 Å². The molecule has 4 nitrogen and oxygen atoms in total. The lowest BCUT2D eigenvalue weighted by Crippen LogP contribution is -2.24. The molecule has 2 aromatic carbocycles. The molecule has 0 saturated carbocycles. The molecule has 0 spiro atoms. The molecule has 1 amide bonds. The lowest BCUT2D eigenvalue weighted by atomic mass is 10.0. The van der Waals surface area contributed by atoms with Gasteiger partial charge in [-0.3, -0.25) is 4.79 Å². The Morgan fingerprint density at radius 2 is 2.05 bits per heavy atom. The quantitative estimate of drug-likeness (QED) is 0.809. The third kappa shape index (κ3) is 3.23. The van der Waals surface area contributed by atoms with Crippen molar-refractivity contribution >= 4 is 11.6 Å². The van der Waals surface area contributed by atoms with Crippen molar-refractivity contribution in [3.63, 3.8) is 0 Å². The number of amides is 1. The minimum Gasteiger partial charge on any atom is -0.508 e. The van der Waals surface area contributed by atoms with E-state index >= 15 is 0 Å². The van der Waals surface area contributed by atoms with Gasteiger partial charge in [-0.1, -0.05) is 24.3 Å². The molecule has 0 fully saturated rings. The fourth-order valence-electron chi connectivity index (χ4n) is 2.60. The molecule has 108 valence electrons. The molecular formula is C17H18N2O2. The summed E-state index contributed by atoms with van der Waals surface area (Å²) < 4.78 is 0. The van der Waals surface area contributed by atoms with Crippen molar-refractivity contribution < 1.29 is 9.90 Å². The van der Waals surface area contributed by atoms with Gasteiger partial charge in [0.2, 0.25) is 5.91 Å². The van der Waals surface area contributed by atoms with Crippen molar-refractivity contribution in [2.45, 2.75) is 19.4 Å². The Hall–Kier alpha value is -2.33.